The Labute approximate surface area is 167 Å². The maximum absolute atomic E-state index is 4.93. The lowest BCUT2D eigenvalue weighted by atomic mass is 9.81. The summed E-state index contributed by atoms with van der Waals surface area (Å²) in [7, 11) is -1.38. The zero-order chi connectivity index (χ0) is 19.6. The summed E-state index contributed by atoms with van der Waals surface area (Å²) in [6, 6.07) is 9.43. The molecule has 0 aliphatic heterocycles. The Kier molecular flexibility index (Phi) is 6.25. The molecule has 1 aromatic carbocycles. The van der Waals surface area contributed by atoms with Crippen LogP contribution in [0, 0.1) is 12.8 Å². The van der Waals surface area contributed by atoms with Gasteiger partial charge in [-0.1, -0.05) is 64.9 Å². The molecule has 2 aromatic rings. The minimum absolute atomic E-state index is 0.672. The Balaban J connectivity index is 2.00. The Hall–Kier alpha value is -1.41. The zero-order valence-corrected chi connectivity index (χ0v) is 19.2. The van der Waals surface area contributed by atoms with Crippen molar-refractivity contribution in [1.82, 2.24) is 4.98 Å². The highest BCUT2D eigenvalue weighted by molar-refractivity contribution is 6.89. The molecule has 3 rings (SSSR count). The van der Waals surface area contributed by atoms with Crippen LogP contribution >= 0.6 is 0 Å². The van der Waals surface area contributed by atoms with Crippen LogP contribution in [0.3, 0.4) is 0 Å². The first-order valence-corrected chi connectivity index (χ1v) is 14.4. The third-order valence-electron chi connectivity index (χ3n) is 6.05. The predicted molar refractivity (Wildman–Crippen MR) is 122 cm³/mol. The zero-order valence-electron chi connectivity index (χ0n) is 18.2. The molecule has 146 valence electrons. The van der Waals surface area contributed by atoms with Gasteiger partial charge in [-0.05, 0) is 72.0 Å². The second-order valence-electron chi connectivity index (χ2n) is 9.98. The van der Waals surface area contributed by atoms with Crippen LogP contribution in [-0.2, 0) is 6.42 Å². The monoisotopic (exact) mass is 379 g/mol. The van der Waals surface area contributed by atoms with E-state index in [1.807, 2.05) is 0 Å². The van der Waals surface area contributed by atoms with Gasteiger partial charge in [0.15, 0.2) is 0 Å². The Bertz CT molecular complexity index is 779. The van der Waals surface area contributed by atoms with Gasteiger partial charge in [0.2, 0.25) is 0 Å². The molecule has 0 N–H and O–H groups in total. The number of aryl methyl sites for hydroxylation is 1. The fourth-order valence-electron chi connectivity index (χ4n) is 4.59. The van der Waals surface area contributed by atoms with Gasteiger partial charge in [0.1, 0.15) is 0 Å². The van der Waals surface area contributed by atoms with Crippen molar-refractivity contribution in [2.45, 2.75) is 84.9 Å². The number of nitrogens with zero attached hydrogens (tertiary/aromatic N) is 1. The van der Waals surface area contributed by atoms with Crippen molar-refractivity contribution < 1.29 is 0 Å². The summed E-state index contributed by atoms with van der Waals surface area (Å²) < 4.78 is 0. The van der Waals surface area contributed by atoms with Crippen molar-refractivity contribution in [1.29, 1.82) is 0 Å². The first-order chi connectivity index (χ1) is 12.8. The number of aromatic nitrogens is 1. The molecule has 0 spiro atoms. The Morgan fingerprint density at radius 1 is 1.04 bits per heavy atom. The highest BCUT2D eigenvalue weighted by Crippen LogP contribution is 2.36. The average Bonchev–Trinajstić information content (AvgIpc) is 2.61. The van der Waals surface area contributed by atoms with Crippen molar-refractivity contribution in [2.24, 2.45) is 5.92 Å². The van der Waals surface area contributed by atoms with Crippen molar-refractivity contribution in [3.8, 4) is 11.3 Å². The molecule has 0 atom stereocenters. The van der Waals surface area contributed by atoms with E-state index >= 15 is 0 Å². The summed E-state index contributed by atoms with van der Waals surface area (Å²) in [5.74, 6) is 1.42. The maximum Gasteiger partial charge on any atom is 0.0799 e. The van der Waals surface area contributed by atoms with E-state index in [0.29, 0.717) is 5.92 Å². The largest absolute Gasteiger partial charge is 0.256 e. The molecule has 0 amide bonds. The van der Waals surface area contributed by atoms with Crippen LogP contribution < -0.4 is 5.19 Å². The summed E-state index contributed by atoms with van der Waals surface area (Å²) in [5, 5.41) is 1.53. The van der Waals surface area contributed by atoms with Crippen molar-refractivity contribution in [2.75, 3.05) is 0 Å². The molecule has 1 heterocycles. The van der Waals surface area contributed by atoms with Crippen LogP contribution in [0.25, 0.3) is 11.3 Å². The molecule has 0 bridgehead atoms. The molecule has 0 saturated heterocycles. The van der Waals surface area contributed by atoms with Gasteiger partial charge < -0.3 is 0 Å². The SMILES string of the molecule is Cc1ccc(-c2cc(CC(C)C)c([Si](C)(C)C)cn2)cc1C1CCCCC1. The van der Waals surface area contributed by atoms with E-state index in [-0.39, 0.29) is 0 Å². The molecular formula is C25H37NSi. The second-order valence-corrected chi connectivity index (χ2v) is 15.0. The van der Waals surface area contributed by atoms with E-state index in [1.165, 1.54) is 54.0 Å². The predicted octanol–water partition coefficient (Wildman–Crippen LogP) is 6.85. The van der Waals surface area contributed by atoms with E-state index in [1.54, 1.807) is 5.56 Å². The lowest BCUT2D eigenvalue weighted by Gasteiger charge is -2.25. The second kappa shape index (κ2) is 8.30. The molecule has 1 fully saturated rings. The first kappa shape index (κ1) is 20.3. The fraction of sp³-hybridized carbons (Fsp3) is 0.560. The van der Waals surface area contributed by atoms with E-state index in [2.05, 4.69) is 70.9 Å². The molecule has 2 heteroatoms. The highest BCUT2D eigenvalue weighted by atomic mass is 28.3. The van der Waals surface area contributed by atoms with Crippen molar-refractivity contribution in [3.63, 3.8) is 0 Å². The molecule has 1 aromatic heterocycles. The summed E-state index contributed by atoms with van der Waals surface area (Å²) in [5.41, 5.74) is 6.99. The minimum atomic E-state index is -1.38. The molecule has 1 nitrogen and oxygen atoms in total. The van der Waals surface area contributed by atoms with Crippen molar-refractivity contribution in [3.05, 3.63) is 47.2 Å². The van der Waals surface area contributed by atoms with Gasteiger partial charge in [-0.25, -0.2) is 0 Å². The smallest absolute Gasteiger partial charge is 0.0799 e. The summed E-state index contributed by atoms with van der Waals surface area (Å²) in [6.45, 7) is 14.2. The van der Waals surface area contributed by atoms with E-state index in [4.69, 9.17) is 4.98 Å². The number of hydrogen-bond donors (Lipinski definition) is 0. The third kappa shape index (κ3) is 4.90. The molecule has 1 saturated carbocycles. The number of hydrogen-bond acceptors (Lipinski definition) is 1. The summed E-state index contributed by atoms with van der Waals surface area (Å²) in [4.78, 5) is 4.93. The maximum atomic E-state index is 4.93. The van der Waals surface area contributed by atoms with Crippen LogP contribution in [0.4, 0.5) is 0 Å². The first-order valence-electron chi connectivity index (χ1n) is 10.9. The van der Waals surface area contributed by atoms with Crippen molar-refractivity contribution >= 4 is 13.3 Å². The quantitative estimate of drug-likeness (QED) is 0.518. The molecular weight excluding hydrogens is 342 g/mol. The number of benzene rings is 1. The lowest BCUT2D eigenvalue weighted by Crippen LogP contribution is -2.40. The van der Waals surface area contributed by atoms with Gasteiger partial charge in [0, 0.05) is 11.8 Å². The van der Waals surface area contributed by atoms with Gasteiger partial charge in [0.05, 0.1) is 13.8 Å². The Morgan fingerprint density at radius 2 is 1.74 bits per heavy atom. The molecule has 27 heavy (non-hydrogen) atoms. The molecule has 1 aliphatic rings. The fourth-order valence-corrected chi connectivity index (χ4v) is 6.18. The minimum Gasteiger partial charge on any atom is -0.256 e. The van der Waals surface area contributed by atoms with E-state index in [0.717, 1.165) is 18.0 Å². The van der Waals surface area contributed by atoms with Crippen LogP contribution in [0.5, 0.6) is 0 Å². The van der Waals surface area contributed by atoms with Gasteiger partial charge in [0.25, 0.3) is 0 Å². The number of pyridine rings is 1. The van der Waals surface area contributed by atoms with Crippen LogP contribution in [0.2, 0.25) is 19.6 Å². The van der Waals surface area contributed by atoms with Crippen LogP contribution in [0.1, 0.15) is 68.6 Å². The van der Waals surface area contributed by atoms with Crippen LogP contribution in [-0.4, -0.2) is 13.1 Å². The summed E-state index contributed by atoms with van der Waals surface area (Å²) >= 11 is 0. The Morgan fingerprint density at radius 3 is 2.37 bits per heavy atom. The normalized spacial score (nSPS) is 16.1. The third-order valence-corrected chi connectivity index (χ3v) is 8.11. The average molecular weight is 380 g/mol. The highest BCUT2D eigenvalue weighted by Gasteiger charge is 2.22. The number of rotatable bonds is 5. The summed E-state index contributed by atoms with van der Waals surface area (Å²) in [6.07, 6.45) is 10.2. The van der Waals surface area contributed by atoms with Gasteiger partial charge in [-0.3, -0.25) is 4.98 Å². The lowest BCUT2D eigenvalue weighted by molar-refractivity contribution is 0.442. The molecule has 0 unspecified atom stereocenters. The van der Waals surface area contributed by atoms with Crippen LogP contribution in [0.15, 0.2) is 30.5 Å². The topological polar surface area (TPSA) is 12.9 Å². The van der Waals surface area contributed by atoms with Gasteiger partial charge in [-0.15, -0.1) is 0 Å². The molecule has 1 aliphatic carbocycles. The van der Waals surface area contributed by atoms with E-state index in [9.17, 15) is 0 Å². The van der Waals surface area contributed by atoms with E-state index < -0.39 is 8.07 Å². The van der Waals surface area contributed by atoms with Gasteiger partial charge >= 0.3 is 0 Å². The standard InChI is InChI=1S/C25H37NSi/c1-18(2)14-22-16-24(26-17-25(22)27(4,5)6)21-13-12-19(3)23(15-21)20-10-8-7-9-11-20/h12-13,15-18,20H,7-11,14H2,1-6H3. The molecule has 0 radical (unpaired) electrons. The van der Waals surface area contributed by atoms with Gasteiger partial charge in [-0.2, -0.15) is 0 Å².